The third-order valence-electron chi connectivity index (χ3n) is 3.06. The zero-order valence-electron chi connectivity index (χ0n) is 12.2. The van der Waals surface area contributed by atoms with Gasteiger partial charge in [-0.2, -0.15) is 4.98 Å². The topological polar surface area (TPSA) is 59.8 Å². The summed E-state index contributed by atoms with van der Waals surface area (Å²) in [6.07, 6.45) is 2.83. The van der Waals surface area contributed by atoms with Gasteiger partial charge in [0.1, 0.15) is 0 Å². The van der Waals surface area contributed by atoms with Crippen molar-refractivity contribution in [2.75, 3.05) is 11.9 Å². The smallest absolute Gasteiger partial charge is 0.348 e. The number of hydrogen-bond acceptors (Lipinski definition) is 4. The van der Waals surface area contributed by atoms with Gasteiger partial charge in [0.2, 0.25) is 0 Å². The molecule has 0 aliphatic carbocycles. The highest BCUT2D eigenvalue weighted by Gasteiger charge is 2.05. The molecule has 106 valence electrons. The lowest BCUT2D eigenvalue weighted by Crippen LogP contribution is -2.26. The van der Waals surface area contributed by atoms with E-state index in [1.807, 2.05) is 32.0 Å². The second-order valence-electron chi connectivity index (χ2n) is 4.87. The molecule has 2 aromatic heterocycles. The van der Waals surface area contributed by atoms with E-state index in [0.29, 0.717) is 6.54 Å². The van der Waals surface area contributed by atoms with Crippen LogP contribution < -0.4 is 11.0 Å². The number of rotatable bonds is 5. The molecule has 1 N–H and O–H groups in total. The minimum Gasteiger partial charge on any atom is -0.385 e. The zero-order chi connectivity index (χ0) is 14.5. The Morgan fingerprint density at radius 2 is 2.10 bits per heavy atom. The Balaban J connectivity index is 2.24. The van der Waals surface area contributed by atoms with Crippen molar-refractivity contribution in [2.24, 2.45) is 0 Å². The summed E-state index contributed by atoms with van der Waals surface area (Å²) in [7, 11) is 0. The molecule has 0 fully saturated rings. The van der Waals surface area contributed by atoms with Crippen LogP contribution in [0, 0.1) is 13.8 Å². The highest BCUT2D eigenvalue weighted by atomic mass is 16.1. The van der Waals surface area contributed by atoms with E-state index in [9.17, 15) is 4.79 Å². The van der Waals surface area contributed by atoms with E-state index in [-0.39, 0.29) is 5.69 Å². The summed E-state index contributed by atoms with van der Waals surface area (Å²) in [5, 5.41) is 3.32. The fraction of sp³-hybridized carbons (Fsp3) is 0.400. The number of pyridine rings is 1. The number of aromatic nitrogens is 3. The van der Waals surface area contributed by atoms with Gasteiger partial charge in [0.25, 0.3) is 0 Å². The van der Waals surface area contributed by atoms with Gasteiger partial charge in [-0.25, -0.2) is 4.79 Å². The van der Waals surface area contributed by atoms with Crippen LogP contribution in [0.15, 0.2) is 29.2 Å². The van der Waals surface area contributed by atoms with Crippen LogP contribution in [0.25, 0.3) is 0 Å². The van der Waals surface area contributed by atoms with Crippen molar-refractivity contribution in [3.8, 4) is 0 Å². The third-order valence-corrected chi connectivity index (χ3v) is 3.06. The van der Waals surface area contributed by atoms with Crippen molar-refractivity contribution in [3.63, 3.8) is 0 Å². The first-order valence-corrected chi connectivity index (χ1v) is 6.84. The minimum atomic E-state index is -0.226. The van der Waals surface area contributed by atoms with E-state index in [0.717, 1.165) is 35.7 Å². The molecule has 0 radical (unpaired) electrons. The Hall–Kier alpha value is -2.17. The predicted molar refractivity (Wildman–Crippen MR) is 80.1 cm³/mol. The molecule has 0 saturated heterocycles. The van der Waals surface area contributed by atoms with Crippen LogP contribution in [-0.2, 0) is 6.54 Å². The van der Waals surface area contributed by atoms with E-state index >= 15 is 0 Å². The number of aryl methyl sites for hydroxylation is 2. The first-order chi connectivity index (χ1) is 9.60. The summed E-state index contributed by atoms with van der Waals surface area (Å²) < 4.78 is 1.64. The van der Waals surface area contributed by atoms with Crippen LogP contribution in [0.1, 0.15) is 30.4 Å². The maximum absolute atomic E-state index is 11.9. The quantitative estimate of drug-likeness (QED) is 0.905. The van der Waals surface area contributed by atoms with E-state index in [1.54, 1.807) is 10.8 Å². The van der Waals surface area contributed by atoms with Crippen molar-refractivity contribution in [3.05, 3.63) is 52.0 Å². The van der Waals surface area contributed by atoms with E-state index < -0.39 is 0 Å². The van der Waals surface area contributed by atoms with Gasteiger partial charge in [-0.15, -0.1) is 0 Å². The molecular weight excluding hydrogens is 252 g/mol. The lowest BCUT2D eigenvalue weighted by atomic mass is 10.3. The molecular formula is C15H20N4O. The van der Waals surface area contributed by atoms with Crippen LogP contribution >= 0.6 is 0 Å². The molecule has 0 amide bonds. The van der Waals surface area contributed by atoms with Crippen molar-refractivity contribution in [1.82, 2.24) is 14.5 Å². The summed E-state index contributed by atoms with van der Waals surface area (Å²) in [6.45, 7) is 7.23. The summed E-state index contributed by atoms with van der Waals surface area (Å²) in [5.41, 5.74) is 3.30. The molecule has 0 atom stereocenters. The highest BCUT2D eigenvalue weighted by molar-refractivity contribution is 5.43. The van der Waals surface area contributed by atoms with Crippen LogP contribution in [-0.4, -0.2) is 21.1 Å². The first kappa shape index (κ1) is 14.2. The van der Waals surface area contributed by atoms with Crippen molar-refractivity contribution < 1.29 is 0 Å². The van der Waals surface area contributed by atoms with Gasteiger partial charge in [0.15, 0.2) is 0 Å². The minimum absolute atomic E-state index is 0.226. The van der Waals surface area contributed by atoms with Gasteiger partial charge in [-0.1, -0.05) is 6.92 Å². The summed E-state index contributed by atoms with van der Waals surface area (Å²) in [5.74, 6) is 0. The summed E-state index contributed by atoms with van der Waals surface area (Å²) in [6, 6.07) is 5.81. The highest BCUT2D eigenvalue weighted by Crippen LogP contribution is 2.09. The molecule has 0 aromatic carbocycles. The zero-order valence-corrected chi connectivity index (χ0v) is 12.2. The summed E-state index contributed by atoms with van der Waals surface area (Å²) >= 11 is 0. The van der Waals surface area contributed by atoms with Gasteiger partial charge >= 0.3 is 5.69 Å². The van der Waals surface area contributed by atoms with Gasteiger partial charge < -0.3 is 5.32 Å². The fourth-order valence-electron chi connectivity index (χ4n) is 2.07. The normalized spacial score (nSPS) is 10.6. The molecule has 2 rings (SSSR count). The number of nitrogens with zero attached hydrogens (tertiary/aromatic N) is 3. The molecule has 5 nitrogen and oxygen atoms in total. The molecule has 5 heteroatoms. The second kappa shape index (κ2) is 6.32. The molecule has 0 saturated carbocycles. The van der Waals surface area contributed by atoms with Crippen LogP contribution in [0.3, 0.4) is 0 Å². The van der Waals surface area contributed by atoms with Crippen molar-refractivity contribution in [2.45, 2.75) is 33.7 Å². The average molecular weight is 272 g/mol. The Bertz CT molecular complexity index is 649. The SMILES string of the molecule is CCCNc1ccnc(Cn2c(C)cc(C)nc2=O)c1. The van der Waals surface area contributed by atoms with Crippen LogP contribution in [0.4, 0.5) is 5.69 Å². The Morgan fingerprint density at radius 3 is 2.80 bits per heavy atom. The van der Waals surface area contributed by atoms with Gasteiger partial charge in [-0.3, -0.25) is 9.55 Å². The largest absolute Gasteiger partial charge is 0.385 e. The lowest BCUT2D eigenvalue weighted by molar-refractivity contribution is 0.681. The molecule has 2 aromatic rings. The molecule has 2 heterocycles. The molecule has 0 spiro atoms. The number of nitrogens with one attached hydrogen (secondary N) is 1. The number of anilines is 1. The predicted octanol–water partition coefficient (Wildman–Crippen LogP) is 2.13. The monoisotopic (exact) mass is 272 g/mol. The average Bonchev–Trinajstić information content (AvgIpc) is 2.41. The van der Waals surface area contributed by atoms with Gasteiger partial charge in [0, 0.05) is 29.8 Å². The van der Waals surface area contributed by atoms with Gasteiger partial charge in [0.05, 0.1) is 12.2 Å². The molecule has 20 heavy (non-hydrogen) atoms. The van der Waals surface area contributed by atoms with Crippen LogP contribution in [0.5, 0.6) is 0 Å². The van der Waals surface area contributed by atoms with E-state index in [4.69, 9.17) is 0 Å². The third kappa shape index (κ3) is 3.44. The Kier molecular flexibility index (Phi) is 4.50. The van der Waals surface area contributed by atoms with Crippen LogP contribution in [0.2, 0.25) is 0 Å². The molecule has 0 bridgehead atoms. The van der Waals surface area contributed by atoms with Crippen molar-refractivity contribution >= 4 is 5.69 Å². The number of hydrogen-bond donors (Lipinski definition) is 1. The molecule has 0 unspecified atom stereocenters. The Morgan fingerprint density at radius 1 is 1.30 bits per heavy atom. The van der Waals surface area contributed by atoms with Crippen molar-refractivity contribution in [1.29, 1.82) is 0 Å². The van der Waals surface area contributed by atoms with E-state index in [2.05, 4.69) is 22.2 Å². The standard InChI is InChI=1S/C15H20N4O/c1-4-6-16-13-5-7-17-14(9-13)10-19-12(3)8-11(2)18-15(19)20/h5,7-9H,4,6,10H2,1-3H3,(H,16,17). The lowest BCUT2D eigenvalue weighted by Gasteiger charge is -2.10. The fourth-order valence-corrected chi connectivity index (χ4v) is 2.07. The summed E-state index contributed by atoms with van der Waals surface area (Å²) in [4.78, 5) is 20.2. The maximum Gasteiger partial charge on any atom is 0.348 e. The molecule has 0 aliphatic heterocycles. The van der Waals surface area contributed by atoms with Gasteiger partial charge in [-0.05, 0) is 38.5 Å². The molecule has 0 aliphatic rings. The Labute approximate surface area is 118 Å². The first-order valence-electron chi connectivity index (χ1n) is 6.84. The second-order valence-corrected chi connectivity index (χ2v) is 4.87. The maximum atomic E-state index is 11.9. The van der Waals surface area contributed by atoms with E-state index in [1.165, 1.54) is 0 Å².